The van der Waals surface area contributed by atoms with Gasteiger partial charge in [-0.15, -0.1) is 0 Å². The summed E-state index contributed by atoms with van der Waals surface area (Å²) in [6.07, 6.45) is -0.693. The van der Waals surface area contributed by atoms with Crippen LogP contribution in [-0.4, -0.2) is 54.4 Å². The van der Waals surface area contributed by atoms with Crippen molar-refractivity contribution in [1.29, 1.82) is 0 Å². The van der Waals surface area contributed by atoms with Crippen molar-refractivity contribution >= 4 is 12.0 Å². The van der Waals surface area contributed by atoms with E-state index in [4.69, 9.17) is 9.47 Å². The first kappa shape index (κ1) is 20.7. The fourth-order valence-corrected chi connectivity index (χ4v) is 3.17. The zero-order valence-corrected chi connectivity index (χ0v) is 16.7. The maximum atomic E-state index is 12.4. The summed E-state index contributed by atoms with van der Waals surface area (Å²) >= 11 is 0. The molecule has 0 aromatic heterocycles. The summed E-state index contributed by atoms with van der Waals surface area (Å²) < 4.78 is 11.1. The Morgan fingerprint density at radius 1 is 1.21 bits per heavy atom. The molecule has 1 saturated heterocycles. The third-order valence-corrected chi connectivity index (χ3v) is 4.87. The Labute approximate surface area is 170 Å². The van der Waals surface area contributed by atoms with Gasteiger partial charge in [0.15, 0.2) is 0 Å². The number of carbonyl (C=O) groups excluding carboxylic acids is 2. The number of hydrogen-bond donors (Lipinski definition) is 2. The number of ether oxygens (including phenoxy) is 2. The predicted octanol–water partition coefficient (Wildman–Crippen LogP) is 2.78. The van der Waals surface area contributed by atoms with Crippen LogP contribution in [0, 0.1) is 13.8 Å². The second-order valence-corrected chi connectivity index (χ2v) is 7.18. The number of benzene rings is 2. The summed E-state index contributed by atoms with van der Waals surface area (Å²) in [4.78, 5) is 26.2. The number of phenolic OH excluding ortho intramolecular Hbond substituents is 1. The van der Waals surface area contributed by atoms with E-state index in [2.05, 4.69) is 11.4 Å². The molecule has 0 saturated carbocycles. The number of nitrogens with zero attached hydrogens (tertiary/aromatic N) is 1. The van der Waals surface area contributed by atoms with Gasteiger partial charge in [0, 0.05) is 18.7 Å². The molecule has 1 atom stereocenters. The van der Waals surface area contributed by atoms with Crippen LogP contribution in [0.4, 0.5) is 4.79 Å². The van der Waals surface area contributed by atoms with E-state index in [9.17, 15) is 14.7 Å². The number of nitrogens with one attached hydrogen (secondary N) is 1. The minimum Gasteiger partial charge on any atom is -0.508 e. The van der Waals surface area contributed by atoms with E-state index in [0.717, 1.165) is 11.1 Å². The number of aromatic hydroxyl groups is 1. The molecule has 1 heterocycles. The number of hydrogen-bond acceptors (Lipinski definition) is 5. The summed E-state index contributed by atoms with van der Waals surface area (Å²) in [5.41, 5.74) is 3.69. The number of amides is 2. The standard InChI is InChI=1S/C22H26N2O5/c1-15-3-4-18(16(2)11-15)14-29-22(27)24-9-10-28-20(13-24)12-23-21(26)17-5-7-19(25)8-6-17/h3-8,11,20,25H,9-10,12-14H2,1-2H3,(H,23,26). The smallest absolute Gasteiger partial charge is 0.410 e. The Kier molecular flexibility index (Phi) is 6.72. The van der Waals surface area contributed by atoms with Crippen LogP contribution >= 0.6 is 0 Å². The lowest BCUT2D eigenvalue weighted by atomic mass is 10.1. The topological polar surface area (TPSA) is 88.1 Å². The Morgan fingerprint density at radius 3 is 2.69 bits per heavy atom. The molecule has 0 bridgehead atoms. The normalized spacial score (nSPS) is 16.3. The van der Waals surface area contributed by atoms with Gasteiger partial charge in [-0.3, -0.25) is 4.79 Å². The van der Waals surface area contributed by atoms with Crippen LogP contribution < -0.4 is 5.32 Å². The molecule has 0 spiro atoms. The zero-order chi connectivity index (χ0) is 20.8. The van der Waals surface area contributed by atoms with Crippen molar-refractivity contribution in [2.45, 2.75) is 26.6 Å². The molecule has 154 valence electrons. The SMILES string of the molecule is Cc1ccc(COC(=O)N2CCOC(CNC(=O)c3ccc(O)cc3)C2)c(C)c1. The molecule has 1 unspecified atom stereocenters. The average Bonchev–Trinajstić information content (AvgIpc) is 2.72. The van der Waals surface area contributed by atoms with Crippen molar-refractivity contribution < 1.29 is 24.2 Å². The molecule has 2 amide bonds. The first-order valence-corrected chi connectivity index (χ1v) is 9.59. The highest BCUT2D eigenvalue weighted by molar-refractivity contribution is 5.94. The van der Waals surface area contributed by atoms with Gasteiger partial charge >= 0.3 is 6.09 Å². The van der Waals surface area contributed by atoms with Gasteiger partial charge in [0.25, 0.3) is 5.91 Å². The van der Waals surface area contributed by atoms with Crippen molar-refractivity contribution in [3.63, 3.8) is 0 Å². The number of rotatable bonds is 5. The average molecular weight is 398 g/mol. The van der Waals surface area contributed by atoms with Crippen LogP contribution in [0.2, 0.25) is 0 Å². The molecule has 1 aliphatic rings. The molecule has 2 aromatic rings. The van der Waals surface area contributed by atoms with E-state index in [-0.39, 0.29) is 37.0 Å². The van der Waals surface area contributed by atoms with Crippen molar-refractivity contribution in [3.05, 3.63) is 64.7 Å². The summed E-state index contributed by atoms with van der Waals surface area (Å²) in [6.45, 7) is 5.72. The zero-order valence-electron chi connectivity index (χ0n) is 16.7. The number of carbonyl (C=O) groups is 2. The molecule has 2 N–H and O–H groups in total. The quantitative estimate of drug-likeness (QED) is 0.809. The van der Waals surface area contributed by atoms with Gasteiger partial charge in [0.2, 0.25) is 0 Å². The highest BCUT2D eigenvalue weighted by Gasteiger charge is 2.25. The van der Waals surface area contributed by atoms with Gasteiger partial charge in [0.05, 0.1) is 19.3 Å². The summed E-state index contributed by atoms with van der Waals surface area (Å²) in [5, 5.41) is 12.1. The van der Waals surface area contributed by atoms with Gasteiger partial charge in [-0.2, -0.15) is 0 Å². The second kappa shape index (κ2) is 9.43. The van der Waals surface area contributed by atoms with Crippen molar-refractivity contribution in [2.24, 2.45) is 0 Å². The monoisotopic (exact) mass is 398 g/mol. The van der Waals surface area contributed by atoms with Crippen LogP contribution in [0.3, 0.4) is 0 Å². The Hall–Kier alpha value is -3.06. The fraction of sp³-hybridized carbons (Fsp3) is 0.364. The number of morpholine rings is 1. The van der Waals surface area contributed by atoms with Crippen molar-refractivity contribution in [1.82, 2.24) is 10.2 Å². The Bertz CT molecular complexity index is 866. The predicted molar refractivity (Wildman–Crippen MR) is 108 cm³/mol. The number of phenols is 1. The molecule has 3 rings (SSSR count). The molecule has 1 aliphatic heterocycles. The minimum atomic E-state index is -0.386. The molecule has 2 aromatic carbocycles. The van der Waals surface area contributed by atoms with Crippen LogP contribution in [-0.2, 0) is 16.1 Å². The lowest BCUT2D eigenvalue weighted by Gasteiger charge is -2.32. The van der Waals surface area contributed by atoms with E-state index in [1.165, 1.54) is 17.7 Å². The molecule has 29 heavy (non-hydrogen) atoms. The van der Waals surface area contributed by atoms with Gasteiger partial charge in [-0.05, 0) is 49.2 Å². The molecular formula is C22H26N2O5. The maximum absolute atomic E-state index is 12.4. The van der Waals surface area contributed by atoms with Crippen LogP contribution in [0.1, 0.15) is 27.0 Å². The Balaban J connectivity index is 1.47. The van der Waals surface area contributed by atoms with E-state index in [0.29, 0.717) is 25.3 Å². The van der Waals surface area contributed by atoms with Gasteiger partial charge in [0.1, 0.15) is 12.4 Å². The molecule has 1 fully saturated rings. The highest BCUT2D eigenvalue weighted by Crippen LogP contribution is 2.14. The first-order chi connectivity index (χ1) is 13.9. The van der Waals surface area contributed by atoms with Crippen molar-refractivity contribution in [2.75, 3.05) is 26.2 Å². The second-order valence-electron chi connectivity index (χ2n) is 7.18. The molecule has 0 aliphatic carbocycles. The third kappa shape index (κ3) is 5.71. The summed E-state index contributed by atoms with van der Waals surface area (Å²) in [5.74, 6) is -0.157. The van der Waals surface area contributed by atoms with E-state index >= 15 is 0 Å². The van der Waals surface area contributed by atoms with Crippen LogP contribution in [0.25, 0.3) is 0 Å². The Morgan fingerprint density at radius 2 is 1.97 bits per heavy atom. The molecule has 7 heteroatoms. The van der Waals surface area contributed by atoms with E-state index in [1.807, 2.05) is 26.0 Å². The third-order valence-electron chi connectivity index (χ3n) is 4.87. The maximum Gasteiger partial charge on any atom is 0.410 e. The fourth-order valence-electron chi connectivity index (χ4n) is 3.17. The lowest BCUT2D eigenvalue weighted by molar-refractivity contribution is -0.0264. The largest absolute Gasteiger partial charge is 0.508 e. The summed E-state index contributed by atoms with van der Waals surface area (Å²) in [7, 11) is 0. The van der Waals surface area contributed by atoms with Gasteiger partial charge in [-0.1, -0.05) is 23.8 Å². The highest BCUT2D eigenvalue weighted by atomic mass is 16.6. The van der Waals surface area contributed by atoms with Crippen LogP contribution in [0.15, 0.2) is 42.5 Å². The van der Waals surface area contributed by atoms with E-state index < -0.39 is 0 Å². The van der Waals surface area contributed by atoms with Gasteiger partial charge < -0.3 is 24.8 Å². The minimum absolute atomic E-state index is 0.104. The lowest BCUT2D eigenvalue weighted by Crippen LogP contribution is -2.49. The van der Waals surface area contributed by atoms with Gasteiger partial charge in [-0.25, -0.2) is 4.79 Å². The molecule has 0 radical (unpaired) electrons. The number of aryl methyl sites for hydroxylation is 2. The van der Waals surface area contributed by atoms with Crippen molar-refractivity contribution in [3.8, 4) is 5.75 Å². The van der Waals surface area contributed by atoms with Crippen LogP contribution in [0.5, 0.6) is 5.75 Å². The first-order valence-electron chi connectivity index (χ1n) is 9.59. The molecule has 7 nitrogen and oxygen atoms in total. The van der Waals surface area contributed by atoms with E-state index in [1.54, 1.807) is 17.0 Å². The summed E-state index contributed by atoms with van der Waals surface area (Å²) in [6, 6.07) is 12.0. The molecular weight excluding hydrogens is 372 g/mol.